The van der Waals surface area contributed by atoms with Gasteiger partial charge in [-0.3, -0.25) is 14.5 Å². The number of hydrogen-bond donors (Lipinski definition) is 1. The molecule has 3 aliphatic heterocycles. The Morgan fingerprint density at radius 3 is 2.54 bits per heavy atom. The summed E-state index contributed by atoms with van der Waals surface area (Å²) in [6.45, 7) is 3.29. The maximum absolute atomic E-state index is 13.8. The normalized spacial score (nSPS) is 25.4. The van der Waals surface area contributed by atoms with E-state index in [4.69, 9.17) is 4.74 Å². The SMILES string of the molecule is Cc1nonc1C(=O)N1CCC([C@]2(Cc3ccc(F)cc3)NC(=O)N(C[C@H]3CCCO3)C2=O)CC1. The van der Waals surface area contributed by atoms with E-state index < -0.39 is 11.6 Å². The minimum Gasteiger partial charge on any atom is -0.376 e. The number of rotatable bonds is 6. The van der Waals surface area contributed by atoms with E-state index >= 15 is 0 Å². The molecule has 0 bridgehead atoms. The average molecular weight is 486 g/mol. The van der Waals surface area contributed by atoms with Crippen molar-refractivity contribution >= 4 is 17.8 Å². The van der Waals surface area contributed by atoms with E-state index in [2.05, 4.69) is 20.3 Å². The molecule has 4 heterocycles. The van der Waals surface area contributed by atoms with Crippen LogP contribution in [0.1, 0.15) is 47.4 Å². The Kier molecular flexibility index (Phi) is 6.26. The zero-order chi connectivity index (χ0) is 24.6. The standard InChI is InChI=1S/C24H28FN5O5/c1-15-20(28-35-27-15)21(31)29-10-8-17(9-11-29)24(13-16-4-6-18(25)7-5-16)22(32)30(23(33)26-24)14-19-3-2-12-34-19/h4-7,17,19H,2-3,8-14H2,1H3,(H,26,33)/t19-,24+/m1/s1. The second-order valence-electron chi connectivity index (χ2n) is 9.52. The summed E-state index contributed by atoms with van der Waals surface area (Å²) in [5.41, 5.74) is 0.181. The molecule has 5 rings (SSSR count). The van der Waals surface area contributed by atoms with Crippen LogP contribution in [0.2, 0.25) is 0 Å². The summed E-state index contributed by atoms with van der Waals surface area (Å²) in [7, 11) is 0. The van der Waals surface area contributed by atoms with Gasteiger partial charge in [0.2, 0.25) is 0 Å². The molecule has 1 N–H and O–H groups in total. The number of nitrogens with zero attached hydrogens (tertiary/aromatic N) is 4. The van der Waals surface area contributed by atoms with Crippen LogP contribution in [0, 0.1) is 18.7 Å². The fourth-order valence-electron chi connectivity index (χ4n) is 5.42. The molecule has 0 unspecified atom stereocenters. The van der Waals surface area contributed by atoms with E-state index in [1.807, 2.05) is 0 Å². The summed E-state index contributed by atoms with van der Waals surface area (Å²) in [6, 6.07) is 5.54. The van der Waals surface area contributed by atoms with E-state index in [1.165, 1.54) is 17.0 Å². The lowest BCUT2D eigenvalue weighted by Crippen LogP contribution is -2.58. The third kappa shape index (κ3) is 4.40. The zero-order valence-corrected chi connectivity index (χ0v) is 19.5. The number of imide groups is 1. The Bertz CT molecular complexity index is 1110. The lowest BCUT2D eigenvalue weighted by atomic mass is 9.73. The molecule has 0 radical (unpaired) electrons. The molecule has 0 aliphatic carbocycles. The van der Waals surface area contributed by atoms with E-state index in [0.29, 0.717) is 38.2 Å². The van der Waals surface area contributed by atoms with Gasteiger partial charge >= 0.3 is 6.03 Å². The smallest absolute Gasteiger partial charge is 0.325 e. The predicted octanol–water partition coefficient (Wildman–Crippen LogP) is 2.08. The molecule has 3 fully saturated rings. The molecule has 0 saturated carbocycles. The highest BCUT2D eigenvalue weighted by Crippen LogP contribution is 2.37. The number of aryl methyl sites for hydroxylation is 1. The first kappa shape index (κ1) is 23.4. The van der Waals surface area contributed by atoms with Crippen LogP contribution in [0.3, 0.4) is 0 Å². The third-order valence-corrected chi connectivity index (χ3v) is 7.34. The highest BCUT2D eigenvalue weighted by molar-refractivity contribution is 6.07. The van der Waals surface area contributed by atoms with Crippen LogP contribution < -0.4 is 5.32 Å². The topological polar surface area (TPSA) is 118 Å². The maximum Gasteiger partial charge on any atom is 0.325 e. The fraction of sp³-hybridized carbons (Fsp3) is 0.542. The Morgan fingerprint density at radius 1 is 1.17 bits per heavy atom. The molecule has 4 amide bonds. The monoisotopic (exact) mass is 485 g/mol. The summed E-state index contributed by atoms with van der Waals surface area (Å²) >= 11 is 0. The quantitative estimate of drug-likeness (QED) is 0.623. The summed E-state index contributed by atoms with van der Waals surface area (Å²) in [5, 5.41) is 10.4. The molecule has 0 spiro atoms. The van der Waals surface area contributed by atoms with Crippen LogP contribution in [-0.4, -0.2) is 75.8 Å². The van der Waals surface area contributed by atoms with Gasteiger partial charge in [0, 0.05) is 26.1 Å². The van der Waals surface area contributed by atoms with Crippen molar-refractivity contribution < 1.29 is 28.1 Å². The van der Waals surface area contributed by atoms with E-state index in [-0.39, 0.29) is 48.3 Å². The van der Waals surface area contributed by atoms with Gasteiger partial charge in [0.1, 0.15) is 17.1 Å². The van der Waals surface area contributed by atoms with Crippen LogP contribution in [-0.2, 0) is 16.0 Å². The highest BCUT2D eigenvalue weighted by atomic mass is 19.1. The molecule has 3 aliphatic rings. The highest BCUT2D eigenvalue weighted by Gasteiger charge is 2.56. The molecule has 2 atom stereocenters. The van der Waals surface area contributed by atoms with Gasteiger partial charge in [-0.15, -0.1) is 0 Å². The second kappa shape index (κ2) is 9.37. The fourth-order valence-corrected chi connectivity index (χ4v) is 5.42. The number of ether oxygens (including phenoxy) is 1. The average Bonchev–Trinajstić information content (AvgIpc) is 3.58. The molecule has 1 aromatic heterocycles. The summed E-state index contributed by atoms with van der Waals surface area (Å²) < 4.78 is 23.9. The van der Waals surface area contributed by atoms with Crippen LogP contribution in [0.25, 0.3) is 0 Å². The van der Waals surface area contributed by atoms with Gasteiger partial charge in [-0.25, -0.2) is 13.8 Å². The number of halogens is 1. The first-order valence-corrected chi connectivity index (χ1v) is 12.0. The lowest BCUT2D eigenvalue weighted by molar-refractivity contribution is -0.135. The summed E-state index contributed by atoms with van der Waals surface area (Å²) in [4.78, 5) is 42.6. The number of nitrogens with one attached hydrogen (secondary N) is 1. The lowest BCUT2D eigenvalue weighted by Gasteiger charge is -2.41. The molecule has 11 heteroatoms. The molecule has 2 aromatic rings. The van der Waals surface area contributed by atoms with Crippen LogP contribution in [0.15, 0.2) is 28.9 Å². The van der Waals surface area contributed by atoms with Gasteiger partial charge < -0.3 is 15.0 Å². The number of aromatic nitrogens is 2. The molecule has 186 valence electrons. The van der Waals surface area contributed by atoms with Crippen molar-refractivity contribution in [2.75, 3.05) is 26.2 Å². The minimum absolute atomic E-state index is 0.162. The Hall–Kier alpha value is -3.34. The Balaban J connectivity index is 1.37. The second-order valence-corrected chi connectivity index (χ2v) is 9.52. The van der Waals surface area contributed by atoms with Crippen molar-refractivity contribution in [2.24, 2.45) is 5.92 Å². The van der Waals surface area contributed by atoms with Gasteiger partial charge in [0.25, 0.3) is 11.8 Å². The number of piperidine rings is 1. The summed E-state index contributed by atoms with van der Waals surface area (Å²) in [5.74, 6) is -1.13. The van der Waals surface area contributed by atoms with Gasteiger partial charge in [-0.1, -0.05) is 17.3 Å². The number of carbonyl (C=O) groups excluding carboxylic acids is 3. The van der Waals surface area contributed by atoms with Crippen LogP contribution in [0.4, 0.5) is 9.18 Å². The molecule has 1 aromatic carbocycles. The van der Waals surface area contributed by atoms with Crippen LogP contribution >= 0.6 is 0 Å². The van der Waals surface area contributed by atoms with Gasteiger partial charge in [0.05, 0.1) is 12.6 Å². The summed E-state index contributed by atoms with van der Waals surface area (Å²) in [6.07, 6.45) is 2.81. The number of hydrogen-bond acceptors (Lipinski definition) is 7. The van der Waals surface area contributed by atoms with Gasteiger partial charge in [-0.05, 0) is 61.4 Å². The molecular formula is C24H28FN5O5. The molecular weight excluding hydrogens is 457 g/mol. The van der Waals surface area contributed by atoms with Gasteiger partial charge in [-0.2, -0.15) is 0 Å². The predicted molar refractivity (Wildman–Crippen MR) is 120 cm³/mol. The zero-order valence-electron chi connectivity index (χ0n) is 19.5. The largest absolute Gasteiger partial charge is 0.376 e. The van der Waals surface area contributed by atoms with Crippen molar-refractivity contribution in [3.05, 3.63) is 47.0 Å². The maximum atomic E-state index is 13.8. The minimum atomic E-state index is -1.17. The Labute approximate surface area is 201 Å². The van der Waals surface area contributed by atoms with E-state index in [0.717, 1.165) is 18.4 Å². The number of urea groups is 1. The first-order valence-electron chi connectivity index (χ1n) is 12.0. The molecule has 3 saturated heterocycles. The number of amides is 4. The Morgan fingerprint density at radius 2 is 1.91 bits per heavy atom. The molecule has 35 heavy (non-hydrogen) atoms. The van der Waals surface area contributed by atoms with Gasteiger partial charge in [0.15, 0.2) is 5.69 Å². The van der Waals surface area contributed by atoms with Crippen LogP contribution in [0.5, 0.6) is 0 Å². The van der Waals surface area contributed by atoms with E-state index in [9.17, 15) is 18.8 Å². The van der Waals surface area contributed by atoms with Crippen molar-refractivity contribution in [2.45, 2.75) is 50.7 Å². The molecule has 10 nitrogen and oxygen atoms in total. The van der Waals surface area contributed by atoms with Crippen molar-refractivity contribution in [1.29, 1.82) is 0 Å². The number of benzene rings is 1. The van der Waals surface area contributed by atoms with Crippen molar-refractivity contribution in [1.82, 2.24) is 25.4 Å². The third-order valence-electron chi connectivity index (χ3n) is 7.34. The van der Waals surface area contributed by atoms with Crippen molar-refractivity contribution in [3.8, 4) is 0 Å². The number of likely N-dealkylation sites (tertiary alicyclic amines) is 1. The first-order chi connectivity index (χ1) is 16.9. The van der Waals surface area contributed by atoms with Crippen molar-refractivity contribution in [3.63, 3.8) is 0 Å². The van der Waals surface area contributed by atoms with E-state index in [1.54, 1.807) is 24.0 Å². The number of carbonyl (C=O) groups is 3.